The van der Waals surface area contributed by atoms with Gasteiger partial charge in [-0.1, -0.05) is 18.2 Å². The highest BCUT2D eigenvalue weighted by Crippen LogP contribution is 2.35. The number of nitrogens with one attached hydrogen (secondary N) is 1. The Bertz CT molecular complexity index is 1170. The zero-order chi connectivity index (χ0) is 19.7. The number of thiazole rings is 1. The third kappa shape index (κ3) is 3.60. The first kappa shape index (κ1) is 18.1. The first-order chi connectivity index (χ1) is 13.5. The fourth-order valence-electron chi connectivity index (χ4n) is 2.83. The summed E-state index contributed by atoms with van der Waals surface area (Å²) in [6.45, 7) is -0.115. The summed E-state index contributed by atoms with van der Waals surface area (Å²) in [4.78, 5) is 17.2. The van der Waals surface area contributed by atoms with Crippen LogP contribution < -0.4 is 5.32 Å². The van der Waals surface area contributed by atoms with Gasteiger partial charge < -0.3 is 15.5 Å². The summed E-state index contributed by atoms with van der Waals surface area (Å²) in [6, 6.07) is 13.9. The molecule has 3 aromatic rings. The van der Waals surface area contributed by atoms with Gasteiger partial charge >= 0.3 is 0 Å². The van der Waals surface area contributed by atoms with Crippen LogP contribution in [0.5, 0.6) is 11.6 Å². The van der Waals surface area contributed by atoms with Gasteiger partial charge in [-0.25, -0.2) is 0 Å². The Kier molecular flexibility index (Phi) is 4.81. The van der Waals surface area contributed by atoms with E-state index in [1.165, 1.54) is 28.0 Å². The predicted molar refractivity (Wildman–Crippen MR) is 114 cm³/mol. The second-order valence-corrected chi connectivity index (χ2v) is 7.79. The number of fused-ring (bicyclic) bond motifs is 1. The lowest BCUT2D eigenvalue weighted by Crippen LogP contribution is -2.18. The molecule has 2 heterocycles. The molecule has 1 aromatic heterocycles. The quantitative estimate of drug-likeness (QED) is 0.435. The van der Waals surface area contributed by atoms with Crippen LogP contribution in [-0.2, 0) is 11.3 Å². The maximum atomic E-state index is 12.3. The number of anilines is 1. The number of aliphatic imine (C=N–C) groups is 1. The standard InChI is InChI=1S/C20H15N3O3S2/c24-14-7-5-13(6-8-14)22-18(25)11-23-19(26)17(28-20(23)27)9-12-10-21-16-4-2-1-3-15(12)16/h1-10,24,26H,11H2,(H,22,25)/b12-9+. The Morgan fingerprint density at radius 1 is 1.18 bits per heavy atom. The van der Waals surface area contributed by atoms with E-state index >= 15 is 0 Å². The molecule has 0 bridgehead atoms. The van der Waals surface area contributed by atoms with Gasteiger partial charge in [0.05, 0.1) is 10.6 Å². The van der Waals surface area contributed by atoms with Crippen LogP contribution in [0.1, 0.15) is 10.4 Å². The van der Waals surface area contributed by atoms with Crippen molar-refractivity contribution in [1.29, 1.82) is 0 Å². The van der Waals surface area contributed by atoms with Crippen LogP contribution in [0.15, 0.2) is 53.5 Å². The van der Waals surface area contributed by atoms with Crippen molar-refractivity contribution in [3.63, 3.8) is 0 Å². The lowest BCUT2D eigenvalue weighted by atomic mass is 10.1. The molecular weight excluding hydrogens is 394 g/mol. The first-order valence-electron chi connectivity index (χ1n) is 8.38. The minimum absolute atomic E-state index is 0.0545. The molecule has 0 saturated heterocycles. The number of aromatic nitrogens is 1. The molecule has 0 fully saturated rings. The van der Waals surface area contributed by atoms with Crippen LogP contribution >= 0.6 is 23.6 Å². The zero-order valence-electron chi connectivity index (χ0n) is 14.5. The normalized spacial score (nSPS) is 13.6. The number of rotatable bonds is 4. The van der Waals surface area contributed by atoms with Gasteiger partial charge in [0, 0.05) is 23.0 Å². The van der Waals surface area contributed by atoms with Crippen LogP contribution in [0.2, 0.25) is 0 Å². The first-order valence-corrected chi connectivity index (χ1v) is 9.60. The lowest BCUT2D eigenvalue weighted by molar-refractivity contribution is -0.116. The van der Waals surface area contributed by atoms with Gasteiger partial charge in [-0.05, 0) is 48.6 Å². The molecule has 0 unspecified atom stereocenters. The summed E-state index contributed by atoms with van der Waals surface area (Å²) in [5.41, 5.74) is 3.29. The molecule has 0 spiro atoms. The van der Waals surface area contributed by atoms with Crippen molar-refractivity contribution in [2.45, 2.75) is 6.54 Å². The van der Waals surface area contributed by atoms with Gasteiger partial charge in [0.2, 0.25) is 11.8 Å². The van der Waals surface area contributed by atoms with E-state index in [0.717, 1.165) is 16.8 Å². The van der Waals surface area contributed by atoms with Gasteiger partial charge in [-0.15, -0.1) is 11.3 Å². The summed E-state index contributed by atoms with van der Waals surface area (Å²) in [5.74, 6) is -0.270. The lowest BCUT2D eigenvalue weighted by Gasteiger charge is -2.07. The number of phenolic OH excluding ortho intramolecular Hbond substituents is 1. The number of hydrogen-bond acceptors (Lipinski definition) is 6. The Morgan fingerprint density at radius 3 is 2.71 bits per heavy atom. The number of hydrogen-bond donors (Lipinski definition) is 3. The average molecular weight is 409 g/mol. The molecule has 2 aromatic carbocycles. The summed E-state index contributed by atoms with van der Waals surface area (Å²) < 4.78 is 1.79. The Hall–Kier alpha value is -3.23. The summed E-state index contributed by atoms with van der Waals surface area (Å²) in [7, 11) is 0. The van der Waals surface area contributed by atoms with Gasteiger partial charge in [-0.2, -0.15) is 0 Å². The van der Waals surface area contributed by atoms with Gasteiger partial charge in [0.25, 0.3) is 0 Å². The summed E-state index contributed by atoms with van der Waals surface area (Å²) in [6.07, 6.45) is 3.56. The fourth-order valence-corrected chi connectivity index (χ4v) is 4.09. The molecule has 0 saturated carbocycles. The molecule has 28 heavy (non-hydrogen) atoms. The maximum Gasteiger partial charge on any atom is 0.244 e. The van der Waals surface area contributed by atoms with Crippen molar-refractivity contribution >= 4 is 58.7 Å². The number of carbonyl (C=O) groups excluding carboxylic acids is 1. The van der Waals surface area contributed by atoms with E-state index in [9.17, 15) is 15.0 Å². The predicted octanol–water partition coefficient (Wildman–Crippen LogP) is 4.59. The van der Waals surface area contributed by atoms with Crippen LogP contribution in [0.3, 0.4) is 0 Å². The van der Waals surface area contributed by atoms with Gasteiger partial charge in [-0.3, -0.25) is 14.4 Å². The van der Waals surface area contributed by atoms with Gasteiger partial charge in [0.15, 0.2) is 3.95 Å². The minimum atomic E-state index is -0.332. The van der Waals surface area contributed by atoms with Crippen molar-refractivity contribution in [3.05, 3.63) is 62.9 Å². The monoisotopic (exact) mass is 409 g/mol. The highest BCUT2D eigenvalue weighted by molar-refractivity contribution is 7.73. The van der Waals surface area contributed by atoms with Crippen LogP contribution in [0, 0.1) is 3.95 Å². The van der Waals surface area contributed by atoms with Crippen molar-refractivity contribution in [2.75, 3.05) is 5.32 Å². The Balaban J connectivity index is 1.56. The number of benzene rings is 2. The number of nitrogens with zero attached hydrogens (tertiary/aromatic N) is 2. The Morgan fingerprint density at radius 2 is 1.93 bits per heavy atom. The molecular formula is C20H15N3O3S2. The Labute approximate surface area is 169 Å². The highest BCUT2D eigenvalue weighted by atomic mass is 32.1. The molecule has 1 amide bonds. The maximum absolute atomic E-state index is 12.3. The molecule has 1 aliphatic rings. The minimum Gasteiger partial charge on any atom is -0.508 e. The fraction of sp³-hybridized carbons (Fsp3) is 0.0500. The summed E-state index contributed by atoms with van der Waals surface area (Å²) in [5, 5.41) is 22.6. The van der Waals surface area contributed by atoms with E-state index in [2.05, 4.69) is 10.3 Å². The molecule has 0 radical (unpaired) electrons. The second-order valence-electron chi connectivity index (χ2n) is 6.11. The second kappa shape index (κ2) is 7.41. The van der Waals surface area contributed by atoms with E-state index in [1.54, 1.807) is 18.3 Å². The number of phenols is 1. The third-order valence-electron chi connectivity index (χ3n) is 4.19. The molecule has 140 valence electrons. The molecule has 3 N–H and O–H groups in total. The smallest absolute Gasteiger partial charge is 0.244 e. The van der Waals surface area contributed by atoms with Crippen molar-refractivity contribution < 1.29 is 15.0 Å². The van der Waals surface area contributed by atoms with Gasteiger partial charge in [0.1, 0.15) is 12.3 Å². The van der Waals surface area contributed by atoms with Crippen LogP contribution in [0.25, 0.3) is 11.6 Å². The molecule has 8 heteroatoms. The van der Waals surface area contributed by atoms with E-state index in [1.807, 2.05) is 30.3 Å². The largest absolute Gasteiger partial charge is 0.508 e. The third-order valence-corrected chi connectivity index (χ3v) is 5.58. The van der Waals surface area contributed by atoms with E-state index < -0.39 is 0 Å². The van der Waals surface area contributed by atoms with E-state index in [-0.39, 0.29) is 24.1 Å². The van der Waals surface area contributed by atoms with Crippen molar-refractivity contribution in [3.8, 4) is 11.6 Å². The number of amides is 1. The van der Waals surface area contributed by atoms with Crippen molar-refractivity contribution in [1.82, 2.24) is 4.57 Å². The average Bonchev–Trinajstić information content (AvgIpc) is 3.20. The van der Waals surface area contributed by atoms with E-state index in [0.29, 0.717) is 14.5 Å². The highest BCUT2D eigenvalue weighted by Gasteiger charge is 2.16. The molecule has 0 atom stereocenters. The molecule has 4 rings (SSSR count). The van der Waals surface area contributed by atoms with Crippen molar-refractivity contribution in [2.24, 2.45) is 4.99 Å². The van der Waals surface area contributed by atoms with Crippen LogP contribution in [0.4, 0.5) is 11.4 Å². The van der Waals surface area contributed by atoms with Crippen LogP contribution in [-0.4, -0.2) is 26.9 Å². The SMILES string of the molecule is O=C(Cn1c(O)c(/C=C2\C=Nc3ccccc32)sc1=S)Nc1ccc(O)cc1. The number of aromatic hydroxyl groups is 2. The molecule has 0 aliphatic carbocycles. The number of allylic oxidation sites excluding steroid dienone is 1. The van der Waals surface area contributed by atoms with E-state index in [4.69, 9.17) is 12.2 Å². The number of carbonyl (C=O) groups is 1. The molecule has 1 aliphatic heterocycles. The number of para-hydroxylation sites is 1. The summed E-state index contributed by atoms with van der Waals surface area (Å²) >= 11 is 6.55. The molecule has 6 nitrogen and oxygen atoms in total. The topological polar surface area (TPSA) is 86.9 Å². The zero-order valence-corrected chi connectivity index (χ0v) is 16.1.